The molecule has 2 heterocycles. The average Bonchev–Trinajstić information content (AvgIpc) is 2.49. The van der Waals surface area contributed by atoms with Crippen LogP contribution >= 0.6 is 0 Å². The number of carbonyl (C=O) groups excluding carboxylic acids is 1. The number of piperidine rings is 1. The maximum atomic E-state index is 12.5. The highest BCUT2D eigenvalue weighted by Crippen LogP contribution is 2.31. The second-order valence-corrected chi connectivity index (χ2v) is 6.43. The maximum absolute atomic E-state index is 12.5. The molecule has 0 spiro atoms. The van der Waals surface area contributed by atoms with Gasteiger partial charge in [-0.1, -0.05) is 13.0 Å². The van der Waals surface area contributed by atoms with E-state index in [0.717, 1.165) is 62.6 Å². The van der Waals surface area contributed by atoms with Crippen molar-refractivity contribution in [2.75, 3.05) is 36.8 Å². The van der Waals surface area contributed by atoms with Crippen LogP contribution in [0, 0.1) is 5.92 Å². The van der Waals surface area contributed by atoms with Gasteiger partial charge >= 0.3 is 0 Å². The topological polar surface area (TPSA) is 49.6 Å². The Bertz CT molecular complexity index is 521. The monoisotopic (exact) mass is 287 g/mol. The first kappa shape index (κ1) is 14.2. The molecule has 1 fully saturated rings. The predicted molar refractivity (Wildman–Crippen MR) is 86.4 cm³/mol. The van der Waals surface area contributed by atoms with E-state index in [0.29, 0.717) is 6.54 Å². The number of amides is 1. The number of rotatable bonds is 2. The standard InChI is InChI=1S/C17H25N3O/c1-13-7-10-19(11-8-13)17(21)12-20-9-3-4-14-15(18)5-2-6-16(14)20/h2,5-6,13H,3-4,7-12,18H2,1H3. The van der Waals surface area contributed by atoms with Crippen LogP contribution in [0.25, 0.3) is 0 Å². The van der Waals surface area contributed by atoms with Crippen LogP contribution in [0.4, 0.5) is 11.4 Å². The summed E-state index contributed by atoms with van der Waals surface area (Å²) in [4.78, 5) is 16.8. The molecule has 2 N–H and O–H groups in total. The molecule has 2 aliphatic rings. The summed E-state index contributed by atoms with van der Waals surface area (Å²) in [6, 6.07) is 6.03. The summed E-state index contributed by atoms with van der Waals surface area (Å²) in [5.74, 6) is 1.02. The molecule has 1 aromatic rings. The van der Waals surface area contributed by atoms with E-state index in [4.69, 9.17) is 5.73 Å². The van der Waals surface area contributed by atoms with Crippen molar-refractivity contribution in [3.63, 3.8) is 0 Å². The Hall–Kier alpha value is -1.71. The summed E-state index contributed by atoms with van der Waals surface area (Å²) in [6.07, 6.45) is 4.37. The summed E-state index contributed by atoms with van der Waals surface area (Å²) in [5.41, 5.74) is 9.29. The molecule has 4 nitrogen and oxygen atoms in total. The third-order valence-electron chi connectivity index (χ3n) is 4.85. The SMILES string of the molecule is CC1CCN(C(=O)CN2CCCc3c(N)cccc32)CC1. The molecular weight excluding hydrogens is 262 g/mol. The van der Waals surface area contributed by atoms with Crippen LogP contribution in [-0.4, -0.2) is 37.0 Å². The van der Waals surface area contributed by atoms with Gasteiger partial charge in [0.15, 0.2) is 0 Å². The van der Waals surface area contributed by atoms with Gasteiger partial charge in [0.1, 0.15) is 0 Å². The molecule has 0 saturated carbocycles. The highest BCUT2D eigenvalue weighted by atomic mass is 16.2. The first-order valence-electron chi connectivity index (χ1n) is 8.05. The third kappa shape index (κ3) is 2.99. The lowest BCUT2D eigenvalue weighted by atomic mass is 9.98. The zero-order valence-electron chi connectivity index (χ0n) is 12.8. The maximum Gasteiger partial charge on any atom is 0.242 e. The fraction of sp³-hybridized carbons (Fsp3) is 0.588. The number of fused-ring (bicyclic) bond motifs is 1. The Kier molecular flexibility index (Phi) is 4.04. The van der Waals surface area contributed by atoms with Crippen LogP contribution in [0.1, 0.15) is 31.7 Å². The minimum absolute atomic E-state index is 0.261. The van der Waals surface area contributed by atoms with Crippen LogP contribution < -0.4 is 10.6 Å². The molecule has 0 unspecified atom stereocenters. The minimum atomic E-state index is 0.261. The molecule has 1 amide bonds. The van der Waals surface area contributed by atoms with E-state index < -0.39 is 0 Å². The first-order valence-corrected chi connectivity index (χ1v) is 8.05. The van der Waals surface area contributed by atoms with E-state index >= 15 is 0 Å². The molecule has 0 radical (unpaired) electrons. The molecule has 3 rings (SSSR count). The van der Waals surface area contributed by atoms with Gasteiger partial charge in [0.05, 0.1) is 6.54 Å². The van der Waals surface area contributed by atoms with Crippen molar-refractivity contribution in [3.05, 3.63) is 23.8 Å². The van der Waals surface area contributed by atoms with Gasteiger partial charge in [-0.3, -0.25) is 4.79 Å². The fourth-order valence-electron chi connectivity index (χ4n) is 3.41. The Balaban J connectivity index is 1.69. The van der Waals surface area contributed by atoms with Gasteiger partial charge in [0, 0.05) is 31.0 Å². The molecule has 0 aliphatic carbocycles. The summed E-state index contributed by atoms with van der Waals surface area (Å²) < 4.78 is 0. The van der Waals surface area contributed by atoms with E-state index in [1.807, 2.05) is 17.0 Å². The second-order valence-electron chi connectivity index (χ2n) is 6.43. The average molecular weight is 287 g/mol. The van der Waals surface area contributed by atoms with E-state index in [2.05, 4.69) is 17.9 Å². The number of nitrogens with two attached hydrogens (primary N) is 1. The molecule has 1 saturated heterocycles. The first-order chi connectivity index (χ1) is 10.1. The summed E-state index contributed by atoms with van der Waals surface area (Å²) >= 11 is 0. The van der Waals surface area contributed by atoms with Crippen LogP contribution in [0.15, 0.2) is 18.2 Å². The van der Waals surface area contributed by atoms with Gasteiger partial charge in [-0.15, -0.1) is 0 Å². The zero-order chi connectivity index (χ0) is 14.8. The molecular formula is C17H25N3O. The number of anilines is 2. The summed E-state index contributed by atoms with van der Waals surface area (Å²) in [7, 11) is 0. The third-order valence-corrected chi connectivity index (χ3v) is 4.85. The largest absolute Gasteiger partial charge is 0.398 e. The number of benzene rings is 1. The molecule has 114 valence electrons. The second kappa shape index (κ2) is 5.96. The van der Waals surface area contributed by atoms with Crippen LogP contribution in [0.2, 0.25) is 0 Å². The molecule has 0 aromatic heterocycles. The van der Waals surface area contributed by atoms with Gasteiger partial charge in [-0.25, -0.2) is 0 Å². The van der Waals surface area contributed by atoms with Gasteiger partial charge in [-0.2, -0.15) is 0 Å². The molecule has 0 bridgehead atoms. The van der Waals surface area contributed by atoms with Crippen LogP contribution in [0.3, 0.4) is 0 Å². The van der Waals surface area contributed by atoms with Crippen molar-refractivity contribution in [1.29, 1.82) is 0 Å². The zero-order valence-corrected chi connectivity index (χ0v) is 12.8. The van der Waals surface area contributed by atoms with Gasteiger partial charge in [0.2, 0.25) is 5.91 Å². The molecule has 4 heteroatoms. The van der Waals surface area contributed by atoms with Gasteiger partial charge < -0.3 is 15.5 Å². The van der Waals surface area contributed by atoms with E-state index in [1.165, 1.54) is 5.56 Å². The Morgan fingerprint density at radius 3 is 2.81 bits per heavy atom. The molecule has 0 atom stereocenters. The van der Waals surface area contributed by atoms with Crippen LogP contribution in [0.5, 0.6) is 0 Å². The number of hydrogen-bond acceptors (Lipinski definition) is 3. The molecule has 2 aliphatic heterocycles. The summed E-state index contributed by atoms with van der Waals surface area (Å²) in [6.45, 7) is 5.54. The smallest absolute Gasteiger partial charge is 0.242 e. The number of nitrogen functional groups attached to an aromatic ring is 1. The lowest BCUT2D eigenvalue weighted by molar-refractivity contribution is -0.131. The van der Waals surface area contributed by atoms with E-state index in [-0.39, 0.29) is 5.91 Å². The molecule has 1 aromatic carbocycles. The lowest BCUT2D eigenvalue weighted by Crippen LogP contribution is -2.45. The Labute approximate surface area is 126 Å². The quantitative estimate of drug-likeness (QED) is 0.849. The number of hydrogen-bond donors (Lipinski definition) is 1. The number of carbonyl (C=O) groups is 1. The molecule has 21 heavy (non-hydrogen) atoms. The van der Waals surface area contributed by atoms with Gasteiger partial charge in [0.25, 0.3) is 0 Å². The minimum Gasteiger partial charge on any atom is -0.398 e. The number of likely N-dealkylation sites (tertiary alicyclic amines) is 1. The summed E-state index contributed by atoms with van der Waals surface area (Å²) in [5, 5.41) is 0. The Morgan fingerprint density at radius 2 is 2.05 bits per heavy atom. The van der Waals surface area contributed by atoms with Gasteiger partial charge in [-0.05, 0) is 49.3 Å². The lowest BCUT2D eigenvalue weighted by Gasteiger charge is -2.35. The predicted octanol–water partition coefficient (Wildman–Crippen LogP) is 2.28. The van der Waals surface area contributed by atoms with E-state index in [9.17, 15) is 4.79 Å². The van der Waals surface area contributed by atoms with E-state index in [1.54, 1.807) is 0 Å². The van der Waals surface area contributed by atoms with Crippen molar-refractivity contribution >= 4 is 17.3 Å². The van der Waals surface area contributed by atoms with Crippen molar-refractivity contribution < 1.29 is 4.79 Å². The van der Waals surface area contributed by atoms with Crippen molar-refractivity contribution in [2.45, 2.75) is 32.6 Å². The van der Waals surface area contributed by atoms with Crippen molar-refractivity contribution in [1.82, 2.24) is 4.90 Å². The van der Waals surface area contributed by atoms with Crippen LogP contribution in [-0.2, 0) is 11.2 Å². The van der Waals surface area contributed by atoms with Crippen molar-refractivity contribution in [2.24, 2.45) is 5.92 Å². The highest BCUT2D eigenvalue weighted by molar-refractivity contribution is 5.82. The fourth-order valence-corrected chi connectivity index (χ4v) is 3.41. The number of nitrogens with zero attached hydrogens (tertiary/aromatic N) is 2. The highest BCUT2D eigenvalue weighted by Gasteiger charge is 2.25. The normalized spacial score (nSPS) is 19.5. The van der Waals surface area contributed by atoms with Crippen molar-refractivity contribution in [3.8, 4) is 0 Å². The Morgan fingerprint density at radius 1 is 1.29 bits per heavy atom.